The van der Waals surface area contributed by atoms with Gasteiger partial charge in [0.15, 0.2) is 11.5 Å². The molecule has 2 rings (SSSR count). The van der Waals surface area contributed by atoms with E-state index in [9.17, 15) is 18.0 Å². The summed E-state index contributed by atoms with van der Waals surface area (Å²) in [6, 6.07) is 6.56. The fraction of sp³-hybridized carbons (Fsp3) is 0.0909. The number of alkyl halides is 3. The monoisotopic (exact) mass is 289 g/mol. The molecule has 2 aromatic rings. The Labute approximate surface area is 109 Å². The lowest BCUT2D eigenvalue weighted by Crippen LogP contribution is -1.98. The van der Waals surface area contributed by atoms with Crippen molar-refractivity contribution in [2.24, 2.45) is 0 Å². The highest BCUT2D eigenvalue weighted by Crippen LogP contribution is 2.37. The smallest absolute Gasteiger partial charge is 0.446 e. The van der Waals surface area contributed by atoms with Gasteiger partial charge in [-0.25, -0.2) is 4.79 Å². The van der Waals surface area contributed by atoms with Crippen molar-refractivity contribution < 1.29 is 27.6 Å². The molecular formula is C11H6F3NO3S. The Morgan fingerprint density at radius 1 is 1.26 bits per heavy atom. The van der Waals surface area contributed by atoms with Gasteiger partial charge < -0.3 is 9.63 Å². The first-order chi connectivity index (χ1) is 8.85. The number of carboxylic acid groups (broad SMARTS) is 1. The highest BCUT2D eigenvalue weighted by atomic mass is 32.2. The summed E-state index contributed by atoms with van der Waals surface area (Å²) >= 11 is -0.226. The zero-order valence-corrected chi connectivity index (χ0v) is 9.96. The second-order valence-electron chi connectivity index (χ2n) is 3.45. The molecule has 8 heteroatoms. The van der Waals surface area contributed by atoms with Gasteiger partial charge in [-0.1, -0.05) is 17.3 Å². The Balaban J connectivity index is 2.20. The van der Waals surface area contributed by atoms with E-state index in [2.05, 4.69) is 5.16 Å². The fourth-order valence-corrected chi connectivity index (χ4v) is 1.87. The molecule has 19 heavy (non-hydrogen) atoms. The zero-order valence-electron chi connectivity index (χ0n) is 9.14. The molecule has 0 unspecified atom stereocenters. The summed E-state index contributed by atoms with van der Waals surface area (Å²) in [5.41, 5.74) is -4.15. The third-order valence-electron chi connectivity index (χ3n) is 2.10. The van der Waals surface area contributed by atoms with Gasteiger partial charge in [-0.15, -0.1) is 0 Å². The summed E-state index contributed by atoms with van der Waals surface area (Å²) in [6.45, 7) is 0. The van der Waals surface area contributed by atoms with E-state index in [4.69, 9.17) is 9.63 Å². The minimum absolute atomic E-state index is 0.0363. The maximum atomic E-state index is 12.1. The van der Waals surface area contributed by atoms with Crippen LogP contribution in [0.5, 0.6) is 0 Å². The maximum absolute atomic E-state index is 12.1. The first-order valence-corrected chi connectivity index (χ1v) is 5.73. The van der Waals surface area contributed by atoms with Gasteiger partial charge in [0.2, 0.25) is 0 Å². The molecule has 0 atom stereocenters. The van der Waals surface area contributed by atoms with Crippen LogP contribution in [-0.2, 0) is 0 Å². The fourth-order valence-electron chi connectivity index (χ4n) is 1.33. The summed E-state index contributed by atoms with van der Waals surface area (Å²) in [7, 11) is 0. The molecule has 1 aromatic heterocycles. The number of aromatic nitrogens is 1. The van der Waals surface area contributed by atoms with E-state index >= 15 is 0 Å². The van der Waals surface area contributed by atoms with Gasteiger partial charge in [0.25, 0.3) is 0 Å². The molecule has 1 heterocycles. The number of hydrogen-bond acceptors (Lipinski definition) is 4. The van der Waals surface area contributed by atoms with Crippen molar-refractivity contribution in [2.45, 2.75) is 10.4 Å². The largest absolute Gasteiger partial charge is 0.476 e. The molecule has 0 fully saturated rings. The highest BCUT2D eigenvalue weighted by molar-refractivity contribution is 8.00. The molecule has 0 bridgehead atoms. The molecule has 1 aromatic carbocycles. The van der Waals surface area contributed by atoms with E-state index in [0.717, 1.165) is 0 Å². The number of carboxylic acids is 1. The number of thioether (sulfide) groups is 1. The van der Waals surface area contributed by atoms with Crippen LogP contribution in [0, 0.1) is 0 Å². The van der Waals surface area contributed by atoms with E-state index in [0.29, 0.717) is 5.56 Å². The highest BCUT2D eigenvalue weighted by Gasteiger charge is 2.29. The van der Waals surface area contributed by atoms with Crippen molar-refractivity contribution in [1.29, 1.82) is 0 Å². The van der Waals surface area contributed by atoms with Crippen LogP contribution >= 0.6 is 11.8 Å². The van der Waals surface area contributed by atoms with Gasteiger partial charge >= 0.3 is 11.5 Å². The number of benzene rings is 1. The Morgan fingerprint density at radius 2 is 1.89 bits per heavy atom. The van der Waals surface area contributed by atoms with Crippen LogP contribution in [0.15, 0.2) is 39.8 Å². The number of hydrogen-bond donors (Lipinski definition) is 1. The van der Waals surface area contributed by atoms with E-state index in [1.165, 1.54) is 30.3 Å². The van der Waals surface area contributed by atoms with E-state index in [1.807, 2.05) is 0 Å². The van der Waals surface area contributed by atoms with Crippen molar-refractivity contribution in [1.82, 2.24) is 5.16 Å². The standard InChI is InChI=1S/C11H6F3NO3S/c12-11(13,14)19-7-3-1-6(2-4-7)9-5-8(10(16)17)15-18-9/h1-5H,(H,16,17). The zero-order chi connectivity index (χ0) is 14.0. The van der Waals surface area contributed by atoms with Crippen LogP contribution in [-0.4, -0.2) is 21.7 Å². The van der Waals surface area contributed by atoms with Crippen molar-refractivity contribution >= 4 is 17.7 Å². The van der Waals surface area contributed by atoms with Gasteiger partial charge in [-0.3, -0.25) is 0 Å². The number of carbonyl (C=O) groups is 1. The predicted octanol–water partition coefficient (Wildman–Crippen LogP) is 3.65. The quantitative estimate of drug-likeness (QED) is 0.874. The number of halogens is 3. The number of nitrogens with zero attached hydrogens (tertiary/aromatic N) is 1. The molecule has 0 saturated heterocycles. The lowest BCUT2D eigenvalue weighted by molar-refractivity contribution is -0.0328. The Bertz CT molecular complexity index is 592. The minimum Gasteiger partial charge on any atom is -0.476 e. The van der Waals surface area contributed by atoms with Crippen molar-refractivity contribution in [2.75, 3.05) is 0 Å². The Morgan fingerprint density at radius 3 is 2.37 bits per heavy atom. The van der Waals surface area contributed by atoms with Crippen LogP contribution in [0.25, 0.3) is 11.3 Å². The molecule has 0 aliphatic heterocycles. The average Bonchev–Trinajstić information content (AvgIpc) is 2.77. The second kappa shape index (κ2) is 4.96. The van der Waals surface area contributed by atoms with Gasteiger partial charge in [-0.05, 0) is 23.9 Å². The topological polar surface area (TPSA) is 63.3 Å². The summed E-state index contributed by atoms with van der Waals surface area (Å²) in [5, 5.41) is 12.0. The number of rotatable bonds is 3. The molecule has 0 saturated carbocycles. The van der Waals surface area contributed by atoms with Crippen molar-refractivity contribution in [3.63, 3.8) is 0 Å². The average molecular weight is 289 g/mol. The maximum Gasteiger partial charge on any atom is 0.446 e. The Hall–Kier alpha value is -1.96. The normalized spacial score (nSPS) is 11.5. The Kier molecular flexibility index (Phi) is 3.52. The van der Waals surface area contributed by atoms with Gasteiger partial charge in [0.05, 0.1) is 0 Å². The van der Waals surface area contributed by atoms with Gasteiger partial charge in [0.1, 0.15) is 0 Å². The second-order valence-corrected chi connectivity index (χ2v) is 4.59. The summed E-state index contributed by atoms with van der Waals surface area (Å²) in [5.74, 6) is -1.06. The van der Waals surface area contributed by atoms with Crippen molar-refractivity contribution in [3.05, 3.63) is 36.0 Å². The molecule has 100 valence electrons. The van der Waals surface area contributed by atoms with E-state index in [1.54, 1.807) is 0 Å². The van der Waals surface area contributed by atoms with Crippen LogP contribution in [0.1, 0.15) is 10.5 Å². The lowest BCUT2D eigenvalue weighted by Gasteiger charge is -2.05. The van der Waals surface area contributed by atoms with Crippen LogP contribution < -0.4 is 0 Å². The van der Waals surface area contributed by atoms with Crippen LogP contribution in [0.3, 0.4) is 0 Å². The van der Waals surface area contributed by atoms with Gasteiger partial charge in [-0.2, -0.15) is 13.2 Å². The molecule has 0 aliphatic rings. The first kappa shape index (κ1) is 13.5. The minimum atomic E-state index is -4.34. The van der Waals surface area contributed by atoms with Crippen LogP contribution in [0.4, 0.5) is 13.2 Å². The molecular weight excluding hydrogens is 283 g/mol. The molecule has 0 aliphatic carbocycles. The predicted molar refractivity (Wildman–Crippen MR) is 60.8 cm³/mol. The third kappa shape index (κ3) is 3.50. The summed E-state index contributed by atoms with van der Waals surface area (Å²) in [4.78, 5) is 10.6. The third-order valence-corrected chi connectivity index (χ3v) is 2.84. The first-order valence-electron chi connectivity index (χ1n) is 4.91. The number of aromatic carboxylic acids is 1. The lowest BCUT2D eigenvalue weighted by atomic mass is 10.1. The summed E-state index contributed by atoms with van der Waals surface area (Å²) < 4.78 is 41.2. The van der Waals surface area contributed by atoms with E-state index < -0.39 is 11.5 Å². The SMILES string of the molecule is O=C(O)c1cc(-c2ccc(SC(F)(F)F)cc2)on1. The summed E-state index contributed by atoms with van der Waals surface area (Å²) in [6.07, 6.45) is 0. The van der Waals surface area contributed by atoms with Gasteiger partial charge in [0, 0.05) is 16.5 Å². The van der Waals surface area contributed by atoms with Crippen LogP contribution in [0.2, 0.25) is 0 Å². The van der Waals surface area contributed by atoms with Crippen molar-refractivity contribution in [3.8, 4) is 11.3 Å². The van der Waals surface area contributed by atoms with E-state index in [-0.39, 0.29) is 28.1 Å². The molecule has 0 radical (unpaired) electrons. The molecule has 1 N–H and O–H groups in total. The molecule has 0 spiro atoms. The molecule has 4 nitrogen and oxygen atoms in total. The molecule has 0 amide bonds.